The van der Waals surface area contributed by atoms with E-state index in [0.717, 1.165) is 16.9 Å². The predicted molar refractivity (Wildman–Crippen MR) is 125 cm³/mol. The van der Waals surface area contributed by atoms with Gasteiger partial charge in [-0.1, -0.05) is 42.5 Å². The fourth-order valence-corrected chi connectivity index (χ4v) is 3.44. The van der Waals surface area contributed by atoms with Crippen molar-refractivity contribution in [1.82, 2.24) is 0 Å². The Balaban J connectivity index is 1.51. The van der Waals surface area contributed by atoms with Crippen molar-refractivity contribution in [2.24, 2.45) is 4.99 Å². The zero-order valence-corrected chi connectivity index (χ0v) is 18.1. The molecule has 0 radical (unpaired) electrons. The number of anilines is 1. The highest BCUT2D eigenvalue weighted by molar-refractivity contribution is 6.28. The van der Waals surface area contributed by atoms with Crippen LogP contribution in [-0.2, 0) is 11.4 Å². The third-order valence-electron chi connectivity index (χ3n) is 5.07. The number of ether oxygens (including phenoxy) is 2. The summed E-state index contributed by atoms with van der Waals surface area (Å²) >= 11 is 0. The summed E-state index contributed by atoms with van der Waals surface area (Å²) in [5.41, 5.74) is 2.39. The number of amidine groups is 1. The average Bonchev–Trinajstić information content (AvgIpc) is 3.11. The van der Waals surface area contributed by atoms with Crippen LogP contribution >= 0.6 is 0 Å². The van der Waals surface area contributed by atoms with Crippen molar-refractivity contribution in [2.45, 2.75) is 13.5 Å². The van der Waals surface area contributed by atoms with Crippen molar-refractivity contribution in [2.75, 3.05) is 12.0 Å². The van der Waals surface area contributed by atoms with Gasteiger partial charge >= 0.3 is 0 Å². The predicted octanol–water partition coefficient (Wildman–Crippen LogP) is 4.99. The zero-order valence-electron chi connectivity index (χ0n) is 18.1. The summed E-state index contributed by atoms with van der Waals surface area (Å²) in [4.78, 5) is 29.4. The van der Waals surface area contributed by atoms with Crippen LogP contribution in [0, 0.1) is 10.1 Å². The maximum Gasteiger partial charge on any atom is 0.282 e. The maximum absolute atomic E-state index is 13.1. The zero-order chi connectivity index (χ0) is 23.4. The molecule has 0 spiro atoms. The number of rotatable bonds is 7. The monoisotopic (exact) mass is 443 g/mol. The Labute approximate surface area is 190 Å². The molecule has 0 atom stereocenters. The molecule has 0 bridgehead atoms. The molecule has 0 aromatic heterocycles. The number of hydrogen-bond donors (Lipinski definition) is 0. The minimum absolute atomic E-state index is 0.123. The first kappa shape index (κ1) is 21.8. The van der Waals surface area contributed by atoms with Crippen molar-refractivity contribution in [3.8, 4) is 11.5 Å². The Hall–Kier alpha value is -4.46. The topological polar surface area (TPSA) is 94.3 Å². The quantitative estimate of drug-likeness (QED) is 0.291. The Morgan fingerprint density at radius 2 is 1.79 bits per heavy atom. The first-order valence-electron chi connectivity index (χ1n) is 10.2. The standard InChI is InChI=1S/C25H21N3O5/c1-17-26-22(25(29)27(17)23-13-10-20(28(30)31)15-24(23)32-2)14-18-8-11-21(12-9-18)33-16-19-6-4-3-5-7-19/h3-15H,16H2,1-2H3/b22-14+. The van der Waals surface area contributed by atoms with E-state index < -0.39 is 4.92 Å². The number of nitrogens with zero attached hydrogens (tertiary/aromatic N) is 3. The second-order valence-electron chi connectivity index (χ2n) is 7.29. The van der Waals surface area contributed by atoms with Crippen molar-refractivity contribution >= 4 is 29.2 Å². The van der Waals surface area contributed by atoms with Crippen molar-refractivity contribution in [1.29, 1.82) is 0 Å². The third-order valence-corrected chi connectivity index (χ3v) is 5.07. The number of nitro groups is 1. The van der Waals surface area contributed by atoms with Crippen molar-refractivity contribution in [3.63, 3.8) is 0 Å². The Bertz CT molecular complexity index is 1250. The lowest BCUT2D eigenvalue weighted by Gasteiger charge is -2.18. The Morgan fingerprint density at radius 1 is 1.06 bits per heavy atom. The third kappa shape index (κ3) is 4.74. The van der Waals surface area contributed by atoms with Crippen molar-refractivity contribution in [3.05, 3.63) is 99.7 Å². The highest BCUT2D eigenvalue weighted by Crippen LogP contribution is 2.35. The molecule has 1 heterocycles. The summed E-state index contributed by atoms with van der Waals surface area (Å²) < 4.78 is 11.1. The minimum Gasteiger partial charge on any atom is -0.494 e. The van der Waals surface area contributed by atoms with E-state index in [-0.39, 0.29) is 23.0 Å². The second-order valence-corrected chi connectivity index (χ2v) is 7.29. The number of carbonyl (C=O) groups is 1. The van der Waals surface area contributed by atoms with Crippen LogP contribution in [0.25, 0.3) is 6.08 Å². The minimum atomic E-state index is -0.516. The molecule has 33 heavy (non-hydrogen) atoms. The second kappa shape index (κ2) is 9.35. The largest absolute Gasteiger partial charge is 0.494 e. The molecule has 8 heteroatoms. The van der Waals surface area contributed by atoms with Crippen LogP contribution in [0.5, 0.6) is 11.5 Å². The van der Waals surface area contributed by atoms with Gasteiger partial charge in [-0.15, -0.1) is 0 Å². The number of carbonyl (C=O) groups excluding carboxylic acids is 1. The number of nitro benzene ring substituents is 1. The first-order valence-corrected chi connectivity index (χ1v) is 10.2. The van der Waals surface area contributed by atoms with Gasteiger partial charge < -0.3 is 9.47 Å². The lowest BCUT2D eigenvalue weighted by Crippen LogP contribution is -2.30. The van der Waals surface area contributed by atoms with Crippen LogP contribution < -0.4 is 14.4 Å². The van der Waals surface area contributed by atoms with Gasteiger partial charge in [-0.25, -0.2) is 4.99 Å². The van der Waals surface area contributed by atoms with Crippen LogP contribution in [0.4, 0.5) is 11.4 Å². The van der Waals surface area contributed by atoms with Gasteiger partial charge in [0, 0.05) is 6.07 Å². The van der Waals surface area contributed by atoms with Crippen LogP contribution in [0.2, 0.25) is 0 Å². The molecule has 4 rings (SSSR count). The van der Waals surface area contributed by atoms with Gasteiger partial charge in [0.15, 0.2) is 0 Å². The van der Waals surface area contributed by atoms with E-state index in [1.54, 1.807) is 13.0 Å². The molecule has 0 aliphatic carbocycles. The molecule has 0 saturated heterocycles. The molecule has 0 unspecified atom stereocenters. The maximum atomic E-state index is 13.1. The molecule has 1 aliphatic rings. The van der Waals surface area contributed by atoms with Gasteiger partial charge in [0.05, 0.1) is 23.8 Å². The average molecular weight is 443 g/mol. The van der Waals surface area contributed by atoms with Gasteiger partial charge in [0.1, 0.15) is 29.6 Å². The summed E-state index contributed by atoms with van der Waals surface area (Å²) in [7, 11) is 1.40. The molecule has 0 saturated carbocycles. The van der Waals surface area contributed by atoms with Crippen LogP contribution in [0.15, 0.2) is 83.5 Å². The van der Waals surface area contributed by atoms with E-state index in [1.807, 2.05) is 54.6 Å². The number of amides is 1. The fraction of sp³-hybridized carbons (Fsp3) is 0.120. The highest BCUT2D eigenvalue weighted by Gasteiger charge is 2.31. The van der Waals surface area contributed by atoms with E-state index in [1.165, 1.54) is 30.2 Å². The molecule has 3 aromatic carbocycles. The van der Waals surface area contributed by atoms with E-state index in [0.29, 0.717) is 18.1 Å². The van der Waals surface area contributed by atoms with Gasteiger partial charge in [0.2, 0.25) is 0 Å². The number of benzene rings is 3. The number of hydrogen-bond acceptors (Lipinski definition) is 6. The van der Waals surface area contributed by atoms with E-state index >= 15 is 0 Å². The van der Waals surface area contributed by atoms with E-state index in [9.17, 15) is 14.9 Å². The summed E-state index contributed by atoms with van der Waals surface area (Å²) in [6.07, 6.45) is 1.69. The smallest absolute Gasteiger partial charge is 0.282 e. The number of methoxy groups -OCH3 is 1. The van der Waals surface area contributed by atoms with E-state index in [2.05, 4.69) is 4.99 Å². The fourth-order valence-electron chi connectivity index (χ4n) is 3.44. The first-order chi connectivity index (χ1) is 16.0. The Morgan fingerprint density at radius 3 is 2.45 bits per heavy atom. The number of aliphatic imine (C=N–C) groups is 1. The van der Waals surface area contributed by atoms with Gasteiger partial charge in [-0.3, -0.25) is 19.8 Å². The van der Waals surface area contributed by atoms with Crippen LogP contribution in [0.1, 0.15) is 18.1 Å². The SMILES string of the molecule is COc1cc([N+](=O)[O-])ccc1N1C(=O)/C(=C\c2ccc(OCc3ccccc3)cc2)N=C1C. The summed E-state index contributed by atoms with van der Waals surface area (Å²) in [5.74, 6) is 1.04. The molecule has 1 aliphatic heterocycles. The summed E-state index contributed by atoms with van der Waals surface area (Å²) in [5, 5.41) is 11.1. The molecule has 1 amide bonds. The van der Waals surface area contributed by atoms with Gasteiger partial charge in [0.25, 0.3) is 11.6 Å². The number of non-ortho nitro benzene ring substituents is 1. The Kier molecular flexibility index (Phi) is 6.17. The molecule has 0 fully saturated rings. The normalized spacial score (nSPS) is 14.4. The molecule has 8 nitrogen and oxygen atoms in total. The van der Waals surface area contributed by atoms with Gasteiger partial charge in [-0.2, -0.15) is 0 Å². The molecule has 3 aromatic rings. The van der Waals surface area contributed by atoms with Crippen molar-refractivity contribution < 1.29 is 19.2 Å². The van der Waals surface area contributed by atoms with Crippen LogP contribution in [-0.4, -0.2) is 23.8 Å². The molecule has 0 N–H and O–H groups in total. The molecule has 166 valence electrons. The van der Waals surface area contributed by atoms with E-state index in [4.69, 9.17) is 9.47 Å². The summed E-state index contributed by atoms with van der Waals surface area (Å²) in [6, 6.07) is 21.3. The van der Waals surface area contributed by atoms with Crippen LogP contribution in [0.3, 0.4) is 0 Å². The summed E-state index contributed by atoms with van der Waals surface area (Å²) in [6.45, 7) is 2.16. The molecular formula is C25H21N3O5. The molecular weight excluding hydrogens is 422 g/mol. The highest BCUT2D eigenvalue weighted by atomic mass is 16.6. The lowest BCUT2D eigenvalue weighted by atomic mass is 10.1. The lowest BCUT2D eigenvalue weighted by molar-refractivity contribution is -0.384. The van der Waals surface area contributed by atoms with Gasteiger partial charge in [-0.05, 0) is 42.3 Å².